The van der Waals surface area contributed by atoms with Crippen LogP contribution in [0.15, 0.2) is 0 Å². The molecule has 2 fully saturated rings. The summed E-state index contributed by atoms with van der Waals surface area (Å²) < 4.78 is 38.8. The van der Waals surface area contributed by atoms with E-state index in [0.29, 0.717) is 0 Å². The Labute approximate surface area is 108 Å². The molecular formula is C11H17F3N2O3. The Morgan fingerprint density at radius 1 is 1.53 bits per heavy atom. The zero-order chi connectivity index (χ0) is 14.5. The van der Waals surface area contributed by atoms with Crippen LogP contribution in [0.4, 0.5) is 13.2 Å². The molecule has 0 spiro atoms. The van der Waals surface area contributed by atoms with Crippen LogP contribution in [0.2, 0.25) is 0 Å². The summed E-state index contributed by atoms with van der Waals surface area (Å²) >= 11 is 0. The Morgan fingerprint density at radius 3 is 2.68 bits per heavy atom. The fourth-order valence-electron chi connectivity index (χ4n) is 2.88. The number of aliphatic hydroxyl groups is 2. The lowest BCUT2D eigenvalue weighted by atomic mass is 9.78. The number of hydrogen-bond donors (Lipinski definition) is 3. The van der Waals surface area contributed by atoms with Gasteiger partial charge in [-0.3, -0.25) is 10.1 Å². The minimum Gasteiger partial charge on any atom is -0.390 e. The van der Waals surface area contributed by atoms with E-state index in [9.17, 15) is 28.2 Å². The van der Waals surface area contributed by atoms with Gasteiger partial charge in [0.2, 0.25) is 5.91 Å². The van der Waals surface area contributed by atoms with Crippen LogP contribution in [0, 0.1) is 0 Å². The fraction of sp³-hybridized carbons (Fsp3) is 0.909. The summed E-state index contributed by atoms with van der Waals surface area (Å²) in [5, 5.41) is 22.1. The molecule has 2 rings (SSSR count). The standard InChI is InChI=1S/C11H17F3N2O3/c1-2-10-6-9(19,11(12,13)14)3-8(18)16(10)5-7(17)4-15-10/h7,15,17,19H,2-6H2,1H3/t7-,9-,10-/m0/s1. The number of carbonyl (C=O) groups excluding carboxylic acids is 1. The predicted molar refractivity (Wildman–Crippen MR) is 59.0 cm³/mol. The lowest BCUT2D eigenvalue weighted by Crippen LogP contribution is -2.75. The van der Waals surface area contributed by atoms with E-state index < -0.39 is 42.3 Å². The van der Waals surface area contributed by atoms with Gasteiger partial charge in [-0.2, -0.15) is 13.2 Å². The second kappa shape index (κ2) is 4.32. The third-order valence-electron chi connectivity index (χ3n) is 4.02. The number of alkyl halides is 3. The molecule has 2 aliphatic rings. The van der Waals surface area contributed by atoms with Crippen LogP contribution in [0.25, 0.3) is 0 Å². The number of carbonyl (C=O) groups is 1. The zero-order valence-electron chi connectivity index (χ0n) is 10.5. The van der Waals surface area contributed by atoms with Crippen molar-refractivity contribution in [1.82, 2.24) is 10.2 Å². The molecule has 0 bridgehead atoms. The number of nitrogens with one attached hydrogen (secondary N) is 1. The first-order chi connectivity index (χ1) is 8.63. The van der Waals surface area contributed by atoms with Crippen molar-refractivity contribution in [3.05, 3.63) is 0 Å². The Morgan fingerprint density at radius 2 is 2.16 bits per heavy atom. The number of aliphatic hydroxyl groups excluding tert-OH is 1. The second-order valence-corrected chi connectivity index (χ2v) is 5.31. The summed E-state index contributed by atoms with van der Waals surface area (Å²) in [5.41, 5.74) is -4.25. The van der Waals surface area contributed by atoms with Crippen LogP contribution >= 0.6 is 0 Å². The summed E-state index contributed by atoms with van der Waals surface area (Å²) in [6, 6.07) is 0. The zero-order valence-corrected chi connectivity index (χ0v) is 10.5. The van der Waals surface area contributed by atoms with Gasteiger partial charge < -0.3 is 15.1 Å². The molecule has 0 aliphatic carbocycles. The maximum absolute atomic E-state index is 12.9. The van der Waals surface area contributed by atoms with Gasteiger partial charge in [0.25, 0.3) is 0 Å². The van der Waals surface area contributed by atoms with Crippen molar-refractivity contribution < 1.29 is 28.2 Å². The molecule has 2 aliphatic heterocycles. The van der Waals surface area contributed by atoms with Crippen LogP contribution in [0.3, 0.4) is 0 Å². The minimum atomic E-state index is -4.85. The first-order valence-electron chi connectivity index (χ1n) is 6.16. The molecule has 0 aromatic carbocycles. The maximum Gasteiger partial charge on any atom is 0.417 e. The average Bonchev–Trinajstić information content (AvgIpc) is 2.29. The summed E-state index contributed by atoms with van der Waals surface area (Å²) in [6.07, 6.45) is -7.04. The highest BCUT2D eigenvalue weighted by atomic mass is 19.4. The number of β-amino-alcohol motifs (C(OH)–C–C–N with tert-alkyl or cyclic N) is 1. The van der Waals surface area contributed by atoms with Crippen molar-refractivity contribution in [3.63, 3.8) is 0 Å². The third-order valence-corrected chi connectivity index (χ3v) is 4.02. The molecule has 5 nitrogen and oxygen atoms in total. The van der Waals surface area contributed by atoms with E-state index in [2.05, 4.69) is 5.32 Å². The predicted octanol–water partition coefficient (Wildman–Crippen LogP) is -0.0274. The van der Waals surface area contributed by atoms with E-state index in [1.165, 1.54) is 4.90 Å². The summed E-state index contributed by atoms with van der Waals surface area (Å²) in [4.78, 5) is 13.1. The lowest BCUT2D eigenvalue weighted by molar-refractivity contribution is -0.285. The Balaban J connectivity index is 2.36. The highest BCUT2D eigenvalue weighted by Gasteiger charge is 2.63. The van der Waals surface area contributed by atoms with Crippen molar-refractivity contribution in [2.75, 3.05) is 13.1 Å². The number of hydrogen-bond acceptors (Lipinski definition) is 4. The molecule has 1 amide bonds. The first-order valence-corrected chi connectivity index (χ1v) is 6.16. The number of nitrogens with zero attached hydrogens (tertiary/aromatic N) is 1. The number of piperidine rings is 1. The summed E-state index contributed by atoms with van der Waals surface area (Å²) in [7, 11) is 0. The van der Waals surface area contributed by atoms with Gasteiger partial charge in [-0.05, 0) is 6.42 Å². The van der Waals surface area contributed by atoms with Crippen LogP contribution in [-0.4, -0.2) is 57.7 Å². The minimum absolute atomic E-state index is 0.00634. The van der Waals surface area contributed by atoms with Gasteiger partial charge in [0.15, 0.2) is 5.60 Å². The SMILES string of the molecule is CC[C@@]12C[C@](O)(C(F)(F)F)CC(=O)N1C[C@@H](O)CN2. The smallest absolute Gasteiger partial charge is 0.390 e. The van der Waals surface area contributed by atoms with E-state index in [4.69, 9.17) is 0 Å². The molecule has 3 N–H and O–H groups in total. The van der Waals surface area contributed by atoms with Gasteiger partial charge in [0.1, 0.15) is 0 Å². The Bertz CT molecular complexity index is 390. The summed E-state index contributed by atoms with van der Waals surface area (Å²) in [5.74, 6) is -0.792. The molecule has 0 unspecified atom stereocenters. The number of fused-ring (bicyclic) bond motifs is 1. The summed E-state index contributed by atoms with van der Waals surface area (Å²) in [6.45, 7) is 1.74. The van der Waals surface area contributed by atoms with Crippen molar-refractivity contribution in [1.29, 1.82) is 0 Å². The molecule has 19 heavy (non-hydrogen) atoms. The molecule has 0 saturated carbocycles. The molecule has 0 aromatic heterocycles. The van der Waals surface area contributed by atoms with Gasteiger partial charge >= 0.3 is 6.18 Å². The molecular weight excluding hydrogens is 265 g/mol. The van der Waals surface area contributed by atoms with Crippen LogP contribution in [-0.2, 0) is 4.79 Å². The Hall–Kier alpha value is -0.860. The topological polar surface area (TPSA) is 72.8 Å². The maximum atomic E-state index is 12.9. The molecule has 0 radical (unpaired) electrons. The Kier molecular flexibility index (Phi) is 3.31. The third kappa shape index (κ3) is 2.21. The van der Waals surface area contributed by atoms with Crippen molar-refractivity contribution in [2.24, 2.45) is 0 Å². The molecule has 3 atom stereocenters. The molecule has 0 aromatic rings. The second-order valence-electron chi connectivity index (χ2n) is 5.31. The van der Waals surface area contributed by atoms with Gasteiger partial charge in [0.05, 0.1) is 18.2 Å². The van der Waals surface area contributed by atoms with Crippen LogP contribution in [0.5, 0.6) is 0 Å². The fourth-order valence-corrected chi connectivity index (χ4v) is 2.88. The number of rotatable bonds is 1. The molecule has 110 valence electrons. The molecule has 2 saturated heterocycles. The number of amides is 1. The van der Waals surface area contributed by atoms with Gasteiger partial charge in [-0.25, -0.2) is 0 Å². The lowest BCUT2D eigenvalue weighted by Gasteiger charge is -2.55. The van der Waals surface area contributed by atoms with Crippen molar-refractivity contribution in [3.8, 4) is 0 Å². The van der Waals surface area contributed by atoms with E-state index in [-0.39, 0.29) is 19.5 Å². The van der Waals surface area contributed by atoms with Crippen LogP contribution < -0.4 is 5.32 Å². The normalized spacial score (nSPS) is 40.2. The first kappa shape index (κ1) is 14.5. The van der Waals surface area contributed by atoms with Gasteiger partial charge in [0, 0.05) is 19.5 Å². The highest BCUT2D eigenvalue weighted by Crippen LogP contribution is 2.45. The van der Waals surface area contributed by atoms with E-state index in [1.54, 1.807) is 6.92 Å². The van der Waals surface area contributed by atoms with E-state index in [0.717, 1.165) is 0 Å². The monoisotopic (exact) mass is 282 g/mol. The van der Waals surface area contributed by atoms with E-state index >= 15 is 0 Å². The van der Waals surface area contributed by atoms with Crippen molar-refractivity contribution in [2.45, 2.75) is 49.7 Å². The average molecular weight is 282 g/mol. The van der Waals surface area contributed by atoms with Gasteiger partial charge in [-0.1, -0.05) is 6.92 Å². The quantitative estimate of drug-likeness (QED) is 0.631. The van der Waals surface area contributed by atoms with Gasteiger partial charge in [-0.15, -0.1) is 0 Å². The molecule has 8 heteroatoms. The van der Waals surface area contributed by atoms with Crippen molar-refractivity contribution >= 4 is 5.91 Å². The largest absolute Gasteiger partial charge is 0.417 e. The van der Waals surface area contributed by atoms with Crippen LogP contribution in [0.1, 0.15) is 26.2 Å². The number of halogens is 3. The molecule has 2 heterocycles. The highest BCUT2D eigenvalue weighted by molar-refractivity contribution is 5.79. The van der Waals surface area contributed by atoms with E-state index in [1.807, 2.05) is 0 Å².